The summed E-state index contributed by atoms with van der Waals surface area (Å²) in [5.74, 6) is -0.0789. The van der Waals surface area contributed by atoms with E-state index < -0.39 is 0 Å². The van der Waals surface area contributed by atoms with Crippen LogP contribution in [0.4, 0.5) is 4.39 Å². The van der Waals surface area contributed by atoms with E-state index in [9.17, 15) is 4.39 Å². The van der Waals surface area contributed by atoms with Crippen molar-refractivity contribution in [3.63, 3.8) is 0 Å². The molecule has 0 spiro atoms. The van der Waals surface area contributed by atoms with E-state index in [1.165, 1.54) is 13.2 Å². The molecule has 0 heterocycles. The van der Waals surface area contributed by atoms with E-state index in [0.29, 0.717) is 6.61 Å². The maximum Gasteiger partial charge on any atom is 0.165 e. The largest absolute Gasteiger partial charge is 0.494 e. The number of hydrogen-bond donors (Lipinski definition) is 1. The second-order valence-electron chi connectivity index (χ2n) is 3.86. The number of rotatable bonds is 7. The van der Waals surface area contributed by atoms with E-state index in [2.05, 4.69) is 12.2 Å². The van der Waals surface area contributed by atoms with Gasteiger partial charge in [-0.15, -0.1) is 0 Å². The van der Waals surface area contributed by atoms with Crippen molar-refractivity contribution in [2.45, 2.75) is 19.4 Å². The Bertz CT molecular complexity index is 344. The summed E-state index contributed by atoms with van der Waals surface area (Å²) in [7, 11) is 3.10. The van der Waals surface area contributed by atoms with E-state index in [4.69, 9.17) is 9.47 Å². The first-order valence-electron chi connectivity index (χ1n) is 5.78. The summed E-state index contributed by atoms with van der Waals surface area (Å²) in [5.41, 5.74) is 0.874. The van der Waals surface area contributed by atoms with Crippen LogP contribution >= 0.6 is 0 Å². The molecule has 0 aliphatic carbocycles. The Morgan fingerprint density at radius 2 is 2.12 bits per heavy atom. The zero-order chi connectivity index (χ0) is 12.7. The Balaban J connectivity index is 2.82. The highest BCUT2D eigenvalue weighted by molar-refractivity contribution is 5.31. The molecule has 17 heavy (non-hydrogen) atoms. The molecule has 0 aromatic heterocycles. The molecule has 0 bridgehead atoms. The van der Waals surface area contributed by atoms with Crippen molar-refractivity contribution < 1.29 is 13.9 Å². The number of benzene rings is 1. The molecule has 1 rings (SSSR count). The topological polar surface area (TPSA) is 30.5 Å². The van der Waals surface area contributed by atoms with Gasteiger partial charge in [0.1, 0.15) is 0 Å². The number of methoxy groups -OCH3 is 2. The van der Waals surface area contributed by atoms with Gasteiger partial charge in [0, 0.05) is 7.11 Å². The third-order valence-electron chi connectivity index (χ3n) is 2.55. The van der Waals surface area contributed by atoms with E-state index in [1.807, 2.05) is 6.07 Å². The van der Waals surface area contributed by atoms with Gasteiger partial charge in [-0.1, -0.05) is 13.0 Å². The minimum atomic E-state index is -0.343. The summed E-state index contributed by atoms with van der Waals surface area (Å²) in [6.45, 7) is 3.49. The molecule has 1 aromatic carbocycles. The zero-order valence-electron chi connectivity index (χ0n) is 10.6. The minimum absolute atomic E-state index is 0.0142. The van der Waals surface area contributed by atoms with Gasteiger partial charge in [-0.3, -0.25) is 0 Å². The van der Waals surface area contributed by atoms with Crippen LogP contribution in [0, 0.1) is 5.82 Å². The zero-order valence-corrected chi connectivity index (χ0v) is 10.6. The maximum atomic E-state index is 13.6. The van der Waals surface area contributed by atoms with Crippen molar-refractivity contribution in [1.29, 1.82) is 0 Å². The molecular weight excluding hydrogens is 221 g/mol. The Kier molecular flexibility index (Phi) is 5.94. The summed E-state index contributed by atoms with van der Waals surface area (Å²) in [6, 6.07) is 5.00. The lowest BCUT2D eigenvalue weighted by molar-refractivity contribution is 0.167. The van der Waals surface area contributed by atoms with Crippen LogP contribution < -0.4 is 10.1 Å². The fourth-order valence-corrected chi connectivity index (χ4v) is 1.66. The van der Waals surface area contributed by atoms with Gasteiger partial charge < -0.3 is 14.8 Å². The first-order chi connectivity index (χ1) is 8.22. The molecule has 0 radical (unpaired) electrons. The van der Waals surface area contributed by atoms with Crippen LogP contribution in [0.15, 0.2) is 18.2 Å². The first kappa shape index (κ1) is 13.9. The van der Waals surface area contributed by atoms with Gasteiger partial charge in [0.25, 0.3) is 0 Å². The van der Waals surface area contributed by atoms with Crippen LogP contribution in [0.1, 0.15) is 24.9 Å². The van der Waals surface area contributed by atoms with Crippen LogP contribution in [0.3, 0.4) is 0 Å². The normalized spacial score (nSPS) is 12.5. The van der Waals surface area contributed by atoms with Crippen LogP contribution in [0.2, 0.25) is 0 Å². The van der Waals surface area contributed by atoms with Gasteiger partial charge in [0.2, 0.25) is 0 Å². The summed E-state index contributed by atoms with van der Waals surface area (Å²) in [5, 5.41) is 3.32. The lowest BCUT2D eigenvalue weighted by atomic mass is 10.1. The van der Waals surface area contributed by atoms with Crippen LogP contribution in [0.5, 0.6) is 5.75 Å². The number of ether oxygens (including phenoxy) is 2. The number of hydrogen-bond acceptors (Lipinski definition) is 3. The van der Waals surface area contributed by atoms with Crippen molar-refractivity contribution in [2.75, 3.05) is 27.4 Å². The molecule has 0 saturated heterocycles. The second-order valence-corrected chi connectivity index (χ2v) is 3.86. The number of halogens is 1. The number of nitrogens with one attached hydrogen (secondary N) is 1. The standard InChI is InChI=1S/C13H20FNO2/c1-4-7-15-12(9-16-2)10-5-6-13(17-3)11(14)8-10/h5-6,8,12,15H,4,7,9H2,1-3H3. The van der Waals surface area contributed by atoms with E-state index in [0.717, 1.165) is 18.5 Å². The Morgan fingerprint density at radius 1 is 1.35 bits per heavy atom. The van der Waals surface area contributed by atoms with Crippen molar-refractivity contribution in [1.82, 2.24) is 5.32 Å². The van der Waals surface area contributed by atoms with Crippen molar-refractivity contribution in [3.05, 3.63) is 29.6 Å². The van der Waals surface area contributed by atoms with Crippen LogP contribution in [0.25, 0.3) is 0 Å². The molecule has 0 aliphatic rings. The molecule has 0 aliphatic heterocycles. The molecule has 4 heteroatoms. The predicted octanol–water partition coefficient (Wildman–Crippen LogP) is 2.52. The highest BCUT2D eigenvalue weighted by Crippen LogP contribution is 2.22. The van der Waals surface area contributed by atoms with Gasteiger partial charge in [-0.2, -0.15) is 0 Å². The summed E-state index contributed by atoms with van der Waals surface area (Å²) in [4.78, 5) is 0. The van der Waals surface area contributed by atoms with Crippen molar-refractivity contribution >= 4 is 0 Å². The van der Waals surface area contributed by atoms with E-state index in [-0.39, 0.29) is 17.6 Å². The molecular formula is C13H20FNO2. The third-order valence-corrected chi connectivity index (χ3v) is 2.55. The van der Waals surface area contributed by atoms with Gasteiger partial charge in [0.15, 0.2) is 11.6 Å². The molecule has 0 saturated carbocycles. The van der Waals surface area contributed by atoms with E-state index in [1.54, 1.807) is 13.2 Å². The minimum Gasteiger partial charge on any atom is -0.494 e. The van der Waals surface area contributed by atoms with Gasteiger partial charge in [-0.05, 0) is 30.7 Å². The summed E-state index contributed by atoms with van der Waals surface area (Å²) in [6.07, 6.45) is 1.03. The fraction of sp³-hybridized carbons (Fsp3) is 0.538. The SMILES string of the molecule is CCCNC(COC)c1ccc(OC)c(F)c1. The Hall–Kier alpha value is -1.13. The first-order valence-corrected chi connectivity index (χ1v) is 5.78. The molecule has 3 nitrogen and oxygen atoms in total. The lowest BCUT2D eigenvalue weighted by Crippen LogP contribution is -2.26. The average molecular weight is 241 g/mol. The fourth-order valence-electron chi connectivity index (χ4n) is 1.66. The highest BCUT2D eigenvalue weighted by Gasteiger charge is 2.12. The van der Waals surface area contributed by atoms with Gasteiger partial charge in [-0.25, -0.2) is 4.39 Å². The molecule has 0 fully saturated rings. The van der Waals surface area contributed by atoms with Crippen LogP contribution in [-0.4, -0.2) is 27.4 Å². The Morgan fingerprint density at radius 3 is 2.65 bits per heavy atom. The monoisotopic (exact) mass is 241 g/mol. The van der Waals surface area contributed by atoms with Gasteiger partial charge >= 0.3 is 0 Å². The smallest absolute Gasteiger partial charge is 0.165 e. The molecule has 1 atom stereocenters. The molecule has 1 N–H and O–H groups in total. The molecule has 0 amide bonds. The second kappa shape index (κ2) is 7.25. The van der Waals surface area contributed by atoms with Crippen LogP contribution in [-0.2, 0) is 4.74 Å². The maximum absolute atomic E-state index is 13.6. The lowest BCUT2D eigenvalue weighted by Gasteiger charge is -2.18. The average Bonchev–Trinajstić information content (AvgIpc) is 2.34. The predicted molar refractivity (Wildman–Crippen MR) is 65.9 cm³/mol. The van der Waals surface area contributed by atoms with Gasteiger partial charge in [0.05, 0.1) is 19.8 Å². The third kappa shape index (κ3) is 3.98. The Labute approximate surface area is 102 Å². The molecule has 96 valence electrons. The summed E-state index contributed by atoms with van der Waals surface area (Å²) >= 11 is 0. The molecule has 1 aromatic rings. The summed E-state index contributed by atoms with van der Waals surface area (Å²) < 4.78 is 23.6. The molecule has 1 unspecified atom stereocenters. The highest BCUT2D eigenvalue weighted by atomic mass is 19.1. The van der Waals surface area contributed by atoms with Crippen molar-refractivity contribution in [2.24, 2.45) is 0 Å². The quantitative estimate of drug-likeness (QED) is 0.795. The van der Waals surface area contributed by atoms with E-state index >= 15 is 0 Å². The van der Waals surface area contributed by atoms with Crippen molar-refractivity contribution in [3.8, 4) is 5.75 Å².